The number of unbranched alkanes of at least 4 members (excludes halogenated alkanes) is 2. The number of nitrogens with zero attached hydrogens (tertiary/aromatic N) is 1. The second kappa shape index (κ2) is 7.76. The van der Waals surface area contributed by atoms with Crippen LogP contribution in [0.1, 0.15) is 26.2 Å². The minimum atomic E-state index is -0.0853. The summed E-state index contributed by atoms with van der Waals surface area (Å²) in [5.41, 5.74) is 5.41. The Morgan fingerprint density at radius 2 is 2.07 bits per heavy atom. The SMILES string of the molecule is CC(CN)C(=O)N(C)CCCCCO. The largest absolute Gasteiger partial charge is 0.396 e. The zero-order valence-electron chi connectivity index (χ0n) is 9.20. The maximum absolute atomic E-state index is 11.5. The first-order valence-corrected chi connectivity index (χ1v) is 5.19. The highest BCUT2D eigenvalue weighted by atomic mass is 16.2. The topological polar surface area (TPSA) is 66.6 Å². The zero-order valence-corrected chi connectivity index (χ0v) is 9.20. The summed E-state index contributed by atoms with van der Waals surface area (Å²) in [6, 6.07) is 0. The van der Waals surface area contributed by atoms with E-state index in [0.29, 0.717) is 6.54 Å². The lowest BCUT2D eigenvalue weighted by Crippen LogP contribution is -2.35. The third-order valence-corrected chi connectivity index (χ3v) is 2.30. The van der Waals surface area contributed by atoms with E-state index in [9.17, 15) is 4.79 Å². The molecule has 3 N–H and O–H groups in total. The molecule has 0 heterocycles. The molecule has 0 aromatic heterocycles. The van der Waals surface area contributed by atoms with Gasteiger partial charge in [-0.15, -0.1) is 0 Å². The molecule has 0 aromatic carbocycles. The van der Waals surface area contributed by atoms with Crippen molar-refractivity contribution in [3.8, 4) is 0 Å². The molecule has 1 atom stereocenters. The Hall–Kier alpha value is -0.610. The summed E-state index contributed by atoms with van der Waals surface area (Å²) in [5, 5.41) is 8.57. The average molecular weight is 202 g/mol. The van der Waals surface area contributed by atoms with Gasteiger partial charge in [0.15, 0.2) is 0 Å². The van der Waals surface area contributed by atoms with E-state index >= 15 is 0 Å². The fraction of sp³-hybridized carbons (Fsp3) is 0.900. The molecule has 0 rings (SSSR count). The van der Waals surface area contributed by atoms with Crippen LogP contribution in [-0.2, 0) is 4.79 Å². The normalized spacial score (nSPS) is 12.6. The van der Waals surface area contributed by atoms with Crippen LogP contribution in [0.3, 0.4) is 0 Å². The van der Waals surface area contributed by atoms with Gasteiger partial charge in [0.25, 0.3) is 0 Å². The lowest BCUT2D eigenvalue weighted by Gasteiger charge is -2.20. The van der Waals surface area contributed by atoms with E-state index in [4.69, 9.17) is 10.8 Å². The fourth-order valence-corrected chi connectivity index (χ4v) is 1.22. The molecule has 4 nitrogen and oxygen atoms in total. The maximum atomic E-state index is 11.5. The number of rotatable bonds is 7. The van der Waals surface area contributed by atoms with Crippen molar-refractivity contribution in [2.75, 3.05) is 26.7 Å². The van der Waals surface area contributed by atoms with Crippen LogP contribution < -0.4 is 5.73 Å². The highest BCUT2D eigenvalue weighted by Crippen LogP contribution is 2.02. The van der Waals surface area contributed by atoms with Crippen molar-refractivity contribution < 1.29 is 9.90 Å². The molecular formula is C10H22N2O2. The van der Waals surface area contributed by atoms with Gasteiger partial charge in [-0.3, -0.25) is 4.79 Å². The van der Waals surface area contributed by atoms with E-state index in [-0.39, 0.29) is 18.4 Å². The van der Waals surface area contributed by atoms with E-state index in [1.807, 2.05) is 6.92 Å². The molecule has 4 heteroatoms. The number of carbonyl (C=O) groups excluding carboxylic acids is 1. The summed E-state index contributed by atoms with van der Waals surface area (Å²) >= 11 is 0. The predicted octanol–water partition coefficient (Wildman–Crippen LogP) is 0.202. The van der Waals surface area contributed by atoms with Crippen molar-refractivity contribution >= 4 is 5.91 Å². The number of carbonyl (C=O) groups is 1. The van der Waals surface area contributed by atoms with Gasteiger partial charge in [0, 0.05) is 32.7 Å². The van der Waals surface area contributed by atoms with E-state index < -0.39 is 0 Å². The number of aliphatic hydroxyl groups is 1. The Morgan fingerprint density at radius 1 is 1.43 bits per heavy atom. The molecular weight excluding hydrogens is 180 g/mol. The molecule has 14 heavy (non-hydrogen) atoms. The Morgan fingerprint density at radius 3 is 2.57 bits per heavy atom. The number of hydrogen-bond donors (Lipinski definition) is 2. The number of amides is 1. The summed E-state index contributed by atoms with van der Waals surface area (Å²) in [4.78, 5) is 13.3. The molecule has 0 aromatic rings. The van der Waals surface area contributed by atoms with Crippen LogP contribution in [0.15, 0.2) is 0 Å². The van der Waals surface area contributed by atoms with Crippen LogP contribution in [0.4, 0.5) is 0 Å². The van der Waals surface area contributed by atoms with Crippen molar-refractivity contribution in [3.63, 3.8) is 0 Å². The standard InChI is InChI=1S/C10H22N2O2/c1-9(8-11)10(14)12(2)6-4-3-5-7-13/h9,13H,3-8,11H2,1-2H3. The van der Waals surface area contributed by atoms with Gasteiger partial charge in [0.2, 0.25) is 5.91 Å². The van der Waals surface area contributed by atoms with Crippen LogP contribution >= 0.6 is 0 Å². The minimum absolute atomic E-state index is 0.0853. The van der Waals surface area contributed by atoms with E-state index in [1.165, 1.54) is 0 Å². The monoisotopic (exact) mass is 202 g/mol. The first-order valence-electron chi connectivity index (χ1n) is 5.19. The summed E-state index contributed by atoms with van der Waals surface area (Å²) in [6.07, 6.45) is 2.72. The highest BCUT2D eigenvalue weighted by Gasteiger charge is 2.14. The molecule has 1 unspecified atom stereocenters. The summed E-state index contributed by atoms with van der Waals surface area (Å²) in [7, 11) is 1.80. The number of aliphatic hydroxyl groups excluding tert-OH is 1. The van der Waals surface area contributed by atoms with Gasteiger partial charge in [-0.2, -0.15) is 0 Å². The lowest BCUT2D eigenvalue weighted by molar-refractivity contribution is -0.133. The molecule has 0 bridgehead atoms. The van der Waals surface area contributed by atoms with Crippen molar-refractivity contribution in [1.29, 1.82) is 0 Å². The average Bonchev–Trinajstić information content (AvgIpc) is 2.21. The van der Waals surface area contributed by atoms with Crippen molar-refractivity contribution in [3.05, 3.63) is 0 Å². The molecule has 1 amide bonds. The number of nitrogens with two attached hydrogens (primary N) is 1. The predicted molar refractivity (Wildman–Crippen MR) is 56.8 cm³/mol. The molecule has 0 saturated heterocycles. The lowest BCUT2D eigenvalue weighted by atomic mass is 10.1. The molecule has 0 fully saturated rings. The molecule has 84 valence electrons. The van der Waals surface area contributed by atoms with Crippen molar-refractivity contribution in [2.45, 2.75) is 26.2 Å². The molecule has 0 aliphatic rings. The van der Waals surface area contributed by atoms with Gasteiger partial charge in [-0.05, 0) is 19.3 Å². The van der Waals surface area contributed by atoms with Crippen LogP contribution in [-0.4, -0.2) is 42.7 Å². The minimum Gasteiger partial charge on any atom is -0.396 e. The van der Waals surface area contributed by atoms with E-state index in [0.717, 1.165) is 25.8 Å². The van der Waals surface area contributed by atoms with Gasteiger partial charge in [0.1, 0.15) is 0 Å². The summed E-state index contributed by atoms with van der Waals surface area (Å²) < 4.78 is 0. The third-order valence-electron chi connectivity index (χ3n) is 2.30. The maximum Gasteiger partial charge on any atom is 0.226 e. The van der Waals surface area contributed by atoms with Crippen LogP contribution in [0.2, 0.25) is 0 Å². The van der Waals surface area contributed by atoms with Crippen LogP contribution in [0, 0.1) is 5.92 Å². The first-order chi connectivity index (χ1) is 6.63. The highest BCUT2D eigenvalue weighted by molar-refractivity contribution is 5.78. The van der Waals surface area contributed by atoms with Gasteiger partial charge in [0.05, 0.1) is 0 Å². The van der Waals surface area contributed by atoms with Gasteiger partial charge in [-0.25, -0.2) is 0 Å². The second-order valence-corrected chi connectivity index (χ2v) is 3.68. The van der Waals surface area contributed by atoms with Gasteiger partial charge < -0.3 is 15.7 Å². The fourth-order valence-electron chi connectivity index (χ4n) is 1.22. The van der Waals surface area contributed by atoms with Crippen molar-refractivity contribution in [1.82, 2.24) is 4.90 Å². The smallest absolute Gasteiger partial charge is 0.226 e. The zero-order chi connectivity index (χ0) is 11.0. The number of hydrogen-bond acceptors (Lipinski definition) is 3. The second-order valence-electron chi connectivity index (χ2n) is 3.68. The van der Waals surface area contributed by atoms with Crippen molar-refractivity contribution in [2.24, 2.45) is 11.7 Å². The Kier molecular flexibility index (Phi) is 7.42. The Labute approximate surface area is 86.1 Å². The Balaban J connectivity index is 3.62. The molecule has 0 saturated carbocycles. The van der Waals surface area contributed by atoms with E-state index in [1.54, 1.807) is 11.9 Å². The summed E-state index contributed by atoms with van der Waals surface area (Å²) in [6.45, 7) is 3.23. The van der Waals surface area contributed by atoms with Crippen LogP contribution in [0.5, 0.6) is 0 Å². The third kappa shape index (κ3) is 5.19. The molecule has 0 aliphatic heterocycles. The quantitative estimate of drug-likeness (QED) is 0.580. The first kappa shape index (κ1) is 13.4. The van der Waals surface area contributed by atoms with Gasteiger partial charge >= 0.3 is 0 Å². The Bertz CT molecular complexity index is 162. The molecule has 0 radical (unpaired) electrons. The summed E-state index contributed by atoms with van der Waals surface area (Å²) in [5.74, 6) is 0.0225. The molecule has 0 spiro atoms. The molecule has 0 aliphatic carbocycles. The van der Waals surface area contributed by atoms with E-state index in [2.05, 4.69) is 0 Å². The van der Waals surface area contributed by atoms with Crippen LogP contribution in [0.25, 0.3) is 0 Å². The van der Waals surface area contributed by atoms with Gasteiger partial charge in [-0.1, -0.05) is 6.92 Å².